The molecule has 2 aliphatic heterocycles. The molecule has 118 valence electrons. The van der Waals surface area contributed by atoms with Gasteiger partial charge in [0.05, 0.1) is 5.60 Å². The van der Waals surface area contributed by atoms with Gasteiger partial charge in [0.15, 0.2) is 0 Å². The molecular weight excluding hydrogens is 276 g/mol. The van der Waals surface area contributed by atoms with E-state index in [1.165, 1.54) is 36.8 Å². The maximum atomic E-state index is 12.0. The molecule has 1 unspecified atom stereocenters. The van der Waals surface area contributed by atoms with E-state index in [4.69, 9.17) is 4.74 Å². The average Bonchev–Trinajstić information content (AvgIpc) is 3.17. The van der Waals surface area contributed by atoms with Crippen molar-refractivity contribution in [2.75, 3.05) is 13.2 Å². The van der Waals surface area contributed by atoms with Crippen molar-refractivity contribution in [3.8, 4) is 0 Å². The van der Waals surface area contributed by atoms with E-state index >= 15 is 0 Å². The fourth-order valence-electron chi connectivity index (χ4n) is 4.31. The Labute approximate surface area is 131 Å². The van der Waals surface area contributed by atoms with Crippen LogP contribution < -0.4 is 10.6 Å². The maximum absolute atomic E-state index is 12.0. The topological polar surface area (TPSA) is 50.4 Å². The number of nitrogens with one attached hydrogen (secondary N) is 2. The van der Waals surface area contributed by atoms with Crippen LogP contribution in [0.25, 0.3) is 0 Å². The lowest BCUT2D eigenvalue weighted by Crippen LogP contribution is -2.45. The van der Waals surface area contributed by atoms with Crippen molar-refractivity contribution in [1.29, 1.82) is 0 Å². The minimum absolute atomic E-state index is 0.0690. The van der Waals surface area contributed by atoms with E-state index in [0.717, 1.165) is 38.1 Å². The van der Waals surface area contributed by atoms with Gasteiger partial charge in [-0.15, -0.1) is 0 Å². The van der Waals surface area contributed by atoms with Gasteiger partial charge >= 0.3 is 0 Å². The second kappa shape index (κ2) is 5.67. The van der Waals surface area contributed by atoms with E-state index in [9.17, 15) is 4.79 Å². The van der Waals surface area contributed by atoms with Gasteiger partial charge in [-0.1, -0.05) is 25.0 Å². The Morgan fingerprint density at radius 1 is 1.32 bits per heavy atom. The third kappa shape index (κ3) is 2.44. The summed E-state index contributed by atoms with van der Waals surface area (Å²) in [4.78, 5) is 12.0. The van der Waals surface area contributed by atoms with Crippen LogP contribution in [-0.4, -0.2) is 30.7 Å². The molecule has 1 saturated heterocycles. The first-order chi connectivity index (χ1) is 10.8. The third-order valence-electron chi connectivity index (χ3n) is 5.53. The maximum Gasteiger partial charge on any atom is 0.251 e. The van der Waals surface area contributed by atoms with Gasteiger partial charge in [0, 0.05) is 31.3 Å². The molecule has 1 spiro atoms. The number of benzene rings is 1. The van der Waals surface area contributed by atoms with Crippen LogP contribution in [0.3, 0.4) is 0 Å². The average molecular weight is 300 g/mol. The Bertz CT molecular complexity index is 573. The third-order valence-corrected chi connectivity index (χ3v) is 5.53. The quantitative estimate of drug-likeness (QED) is 0.899. The summed E-state index contributed by atoms with van der Waals surface area (Å²) < 4.78 is 6.08. The van der Waals surface area contributed by atoms with E-state index in [1.54, 1.807) is 0 Å². The molecule has 0 bridgehead atoms. The van der Waals surface area contributed by atoms with Gasteiger partial charge in [-0.2, -0.15) is 0 Å². The molecule has 1 aliphatic carbocycles. The van der Waals surface area contributed by atoms with Gasteiger partial charge in [-0.3, -0.25) is 4.79 Å². The number of amides is 1. The van der Waals surface area contributed by atoms with E-state index in [1.807, 2.05) is 6.07 Å². The minimum Gasteiger partial charge on any atom is -0.373 e. The Balaban J connectivity index is 1.46. The van der Waals surface area contributed by atoms with Crippen LogP contribution in [0.1, 0.15) is 53.6 Å². The Morgan fingerprint density at radius 3 is 3.05 bits per heavy atom. The van der Waals surface area contributed by atoms with Crippen molar-refractivity contribution in [2.24, 2.45) is 0 Å². The van der Waals surface area contributed by atoms with Crippen LogP contribution in [0.15, 0.2) is 18.2 Å². The zero-order valence-corrected chi connectivity index (χ0v) is 13.0. The molecule has 1 aromatic rings. The number of carbonyl (C=O) groups is 1. The number of ether oxygens (including phenoxy) is 1. The van der Waals surface area contributed by atoms with Crippen molar-refractivity contribution in [1.82, 2.24) is 10.6 Å². The zero-order chi connectivity index (χ0) is 15.0. The molecule has 22 heavy (non-hydrogen) atoms. The van der Waals surface area contributed by atoms with Gasteiger partial charge in [0.1, 0.15) is 0 Å². The summed E-state index contributed by atoms with van der Waals surface area (Å²) in [6, 6.07) is 6.77. The van der Waals surface area contributed by atoms with Crippen molar-refractivity contribution in [3.63, 3.8) is 0 Å². The monoisotopic (exact) mass is 300 g/mol. The van der Waals surface area contributed by atoms with Gasteiger partial charge in [-0.25, -0.2) is 0 Å². The summed E-state index contributed by atoms with van der Waals surface area (Å²) in [5, 5.41) is 6.62. The smallest absolute Gasteiger partial charge is 0.251 e. The highest BCUT2D eigenvalue weighted by Gasteiger charge is 2.45. The van der Waals surface area contributed by atoms with Gasteiger partial charge in [-0.05, 0) is 42.9 Å². The second-order valence-electron chi connectivity index (χ2n) is 6.84. The minimum atomic E-state index is 0.0690. The SMILES string of the molecule is O=C1NCCc2ccc(CNC3CCOC34CCCC4)cc21. The lowest BCUT2D eigenvalue weighted by molar-refractivity contribution is -0.00484. The number of hydrogen-bond acceptors (Lipinski definition) is 3. The molecule has 1 atom stereocenters. The summed E-state index contributed by atoms with van der Waals surface area (Å²) in [6.07, 6.45) is 7.00. The van der Waals surface area contributed by atoms with Crippen LogP contribution >= 0.6 is 0 Å². The Morgan fingerprint density at radius 2 is 2.18 bits per heavy atom. The van der Waals surface area contributed by atoms with Crippen LogP contribution in [0.5, 0.6) is 0 Å². The highest BCUT2D eigenvalue weighted by Crippen LogP contribution is 2.41. The molecule has 2 fully saturated rings. The molecule has 4 rings (SSSR count). The van der Waals surface area contributed by atoms with Crippen LogP contribution in [-0.2, 0) is 17.7 Å². The predicted octanol–water partition coefficient (Wildman–Crippen LogP) is 2.16. The molecule has 1 aromatic carbocycles. The molecule has 0 aromatic heterocycles. The molecule has 3 aliphatic rings. The highest BCUT2D eigenvalue weighted by atomic mass is 16.5. The highest BCUT2D eigenvalue weighted by molar-refractivity contribution is 5.96. The number of carbonyl (C=O) groups excluding carboxylic acids is 1. The number of rotatable bonds is 3. The molecule has 1 saturated carbocycles. The van der Waals surface area contributed by atoms with E-state index < -0.39 is 0 Å². The van der Waals surface area contributed by atoms with E-state index in [2.05, 4.69) is 22.8 Å². The Hall–Kier alpha value is -1.39. The summed E-state index contributed by atoms with van der Waals surface area (Å²) >= 11 is 0. The first kappa shape index (κ1) is 14.2. The lowest BCUT2D eigenvalue weighted by atomic mass is 9.92. The largest absolute Gasteiger partial charge is 0.373 e. The first-order valence-corrected chi connectivity index (χ1v) is 8.54. The summed E-state index contributed by atoms with van der Waals surface area (Å²) in [6.45, 7) is 2.45. The van der Waals surface area contributed by atoms with Crippen LogP contribution in [0, 0.1) is 0 Å². The number of fused-ring (bicyclic) bond motifs is 1. The lowest BCUT2D eigenvalue weighted by Gasteiger charge is -2.30. The summed E-state index contributed by atoms with van der Waals surface area (Å²) in [5.74, 6) is 0.0690. The second-order valence-corrected chi connectivity index (χ2v) is 6.84. The zero-order valence-electron chi connectivity index (χ0n) is 13.0. The van der Waals surface area contributed by atoms with Crippen molar-refractivity contribution >= 4 is 5.91 Å². The normalized spacial score (nSPS) is 26.2. The standard InChI is InChI=1S/C18H24N2O2/c21-17-15-11-13(3-4-14(15)5-9-19-17)12-20-16-6-10-22-18(16)7-1-2-8-18/h3-4,11,16,20H,1-2,5-10,12H2,(H,19,21). The Kier molecular flexibility index (Phi) is 3.66. The first-order valence-electron chi connectivity index (χ1n) is 8.54. The molecule has 2 heterocycles. The summed E-state index contributed by atoms with van der Waals surface area (Å²) in [7, 11) is 0. The number of hydrogen-bond donors (Lipinski definition) is 2. The van der Waals surface area contributed by atoms with Crippen molar-refractivity contribution in [2.45, 2.75) is 56.7 Å². The molecule has 0 radical (unpaired) electrons. The van der Waals surface area contributed by atoms with Crippen LogP contribution in [0.4, 0.5) is 0 Å². The van der Waals surface area contributed by atoms with Crippen molar-refractivity contribution in [3.05, 3.63) is 34.9 Å². The van der Waals surface area contributed by atoms with Gasteiger partial charge in [0.25, 0.3) is 5.91 Å². The van der Waals surface area contributed by atoms with Crippen LogP contribution in [0.2, 0.25) is 0 Å². The fourth-order valence-corrected chi connectivity index (χ4v) is 4.31. The van der Waals surface area contributed by atoms with E-state index in [0.29, 0.717) is 6.04 Å². The molecule has 4 nitrogen and oxygen atoms in total. The van der Waals surface area contributed by atoms with Crippen molar-refractivity contribution < 1.29 is 9.53 Å². The molecular formula is C18H24N2O2. The van der Waals surface area contributed by atoms with E-state index in [-0.39, 0.29) is 11.5 Å². The fraction of sp³-hybridized carbons (Fsp3) is 0.611. The molecule has 1 amide bonds. The molecule has 4 heteroatoms. The summed E-state index contributed by atoms with van der Waals surface area (Å²) in [5.41, 5.74) is 3.30. The van der Waals surface area contributed by atoms with Gasteiger partial charge < -0.3 is 15.4 Å². The van der Waals surface area contributed by atoms with Gasteiger partial charge in [0.2, 0.25) is 0 Å². The molecule has 2 N–H and O–H groups in total. The predicted molar refractivity (Wildman–Crippen MR) is 84.9 cm³/mol.